The summed E-state index contributed by atoms with van der Waals surface area (Å²) in [6.45, 7) is 2.72. The second-order valence-corrected chi connectivity index (χ2v) is 5.08. The predicted molar refractivity (Wildman–Crippen MR) is 75.3 cm³/mol. The third-order valence-electron chi connectivity index (χ3n) is 3.06. The highest BCUT2D eigenvalue weighted by atomic mass is 35.5. The highest BCUT2D eigenvalue weighted by Crippen LogP contribution is 2.20. The molecule has 1 aromatic heterocycles. The molecule has 1 heterocycles. The van der Waals surface area contributed by atoms with Crippen LogP contribution >= 0.6 is 11.6 Å². The first kappa shape index (κ1) is 14.1. The zero-order valence-electron chi connectivity index (χ0n) is 11.1. The van der Waals surface area contributed by atoms with E-state index in [9.17, 15) is 4.79 Å². The van der Waals surface area contributed by atoms with Gasteiger partial charge in [0.2, 0.25) is 5.91 Å². The monoisotopic (exact) mass is 282 g/mol. The van der Waals surface area contributed by atoms with Crippen molar-refractivity contribution in [2.75, 3.05) is 11.9 Å². The number of rotatable bonds is 7. The summed E-state index contributed by atoms with van der Waals surface area (Å²) in [6, 6.07) is 0.438. The number of nitrogens with one attached hydrogen (secondary N) is 2. The Labute approximate surface area is 118 Å². The van der Waals surface area contributed by atoms with Crippen LogP contribution in [0.2, 0.25) is 5.15 Å². The van der Waals surface area contributed by atoms with E-state index in [1.807, 2.05) is 6.92 Å². The van der Waals surface area contributed by atoms with Crippen molar-refractivity contribution in [1.29, 1.82) is 0 Å². The molecule has 0 aromatic carbocycles. The molecule has 1 aliphatic rings. The zero-order valence-corrected chi connectivity index (χ0v) is 11.8. The maximum Gasteiger partial charge on any atom is 0.220 e. The van der Waals surface area contributed by atoms with Crippen LogP contribution in [0, 0.1) is 0 Å². The van der Waals surface area contributed by atoms with E-state index in [1.165, 1.54) is 6.33 Å². The molecule has 5 nitrogen and oxygen atoms in total. The number of halogens is 1. The maximum atomic E-state index is 11.5. The fraction of sp³-hybridized carbons (Fsp3) is 0.615. The lowest BCUT2D eigenvalue weighted by molar-refractivity contribution is -0.121. The van der Waals surface area contributed by atoms with Gasteiger partial charge in [-0.25, -0.2) is 9.97 Å². The fourth-order valence-corrected chi connectivity index (χ4v) is 2.11. The summed E-state index contributed by atoms with van der Waals surface area (Å²) < 4.78 is 0. The van der Waals surface area contributed by atoms with Crippen molar-refractivity contribution in [2.24, 2.45) is 0 Å². The number of carbonyl (C=O) groups is 1. The van der Waals surface area contributed by atoms with Gasteiger partial charge >= 0.3 is 0 Å². The van der Waals surface area contributed by atoms with Crippen LogP contribution in [-0.4, -0.2) is 28.5 Å². The van der Waals surface area contributed by atoms with Gasteiger partial charge in [-0.1, -0.05) is 18.5 Å². The van der Waals surface area contributed by atoms with Gasteiger partial charge in [0.15, 0.2) is 0 Å². The van der Waals surface area contributed by atoms with Crippen LogP contribution in [0.15, 0.2) is 6.33 Å². The van der Waals surface area contributed by atoms with Gasteiger partial charge in [-0.15, -0.1) is 0 Å². The summed E-state index contributed by atoms with van der Waals surface area (Å²) in [5.74, 6) is 0.908. The average molecular weight is 283 g/mol. The van der Waals surface area contributed by atoms with Gasteiger partial charge in [-0.2, -0.15) is 0 Å². The predicted octanol–water partition coefficient (Wildman–Crippen LogP) is 2.16. The molecule has 1 aromatic rings. The lowest BCUT2D eigenvalue weighted by Crippen LogP contribution is -2.25. The van der Waals surface area contributed by atoms with Crippen molar-refractivity contribution < 1.29 is 4.79 Å². The van der Waals surface area contributed by atoms with Crippen molar-refractivity contribution in [3.05, 3.63) is 17.0 Å². The number of anilines is 1. The van der Waals surface area contributed by atoms with Crippen LogP contribution in [-0.2, 0) is 11.2 Å². The SMILES string of the molecule is CCc1c(Cl)ncnc1NCCCC(=O)NC1CC1. The molecule has 0 saturated heterocycles. The fourth-order valence-electron chi connectivity index (χ4n) is 1.84. The lowest BCUT2D eigenvalue weighted by atomic mass is 10.2. The Balaban J connectivity index is 1.72. The molecule has 2 rings (SSSR count). The Kier molecular flexibility index (Phi) is 4.96. The van der Waals surface area contributed by atoms with E-state index in [1.54, 1.807) is 0 Å². The molecule has 1 saturated carbocycles. The second-order valence-electron chi connectivity index (χ2n) is 4.72. The third kappa shape index (κ3) is 4.35. The van der Waals surface area contributed by atoms with E-state index in [2.05, 4.69) is 20.6 Å². The first-order valence-corrected chi connectivity index (χ1v) is 7.11. The van der Waals surface area contributed by atoms with E-state index >= 15 is 0 Å². The molecular weight excluding hydrogens is 264 g/mol. The van der Waals surface area contributed by atoms with Crippen LogP contribution in [0.5, 0.6) is 0 Å². The van der Waals surface area contributed by atoms with Crippen molar-refractivity contribution in [3.63, 3.8) is 0 Å². The van der Waals surface area contributed by atoms with Crippen LogP contribution in [0.25, 0.3) is 0 Å². The molecule has 1 amide bonds. The Hall–Kier alpha value is -1.36. The van der Waals surface area contributed by atoms with Gasteiger partial charge in [0.25, 0.3) is 0 Å². The zero-order chi connectivity index (χ0) is 13.7. The maximum absolute atomic E-state index is 11.5. The first-order valence-electron chi connectivity index (χ1n) is 6.73. The van der Waals surface area contributed by atoms with Gasteiger partial charge in [0.1, 0.15) is 17.3 Å². The lowest BCUT2D eigenvalue weighted by Gasteiger charge is -2.10. The van der Waals surface area contributed by atoms with Crippen LogP contribution < -0.4 is 10.6 Å². The molecule has 19 heavy (non-hydrogen) atoms. The van der Waals surface area contributed by atoms with Gasteiger partial charge in [0, 0.05) is 24.6 Å². The highest BCUT2D eigenvalue weighted by molar-refractivity contribution is 6.30. The number of carbonyl (C=O) groups excluding carboxylic acids is 1. The van der Waals surface area contributed by atoms with E-state index in [0.717, 1.165) is 37.1 Å². The number of hydrogen-bond acceptors (Lipinski definition) is 4. The van der Waals surface area contributed by atoms with Gasteiger partial charge in [-0.3, -0.25) is 4.79 Å². The highest BCUT2D eigenvalue weighted by Gasteiger charge is 2.22. The molecule has 0 atom stereocenters. The van der Waals surface area contributed by atoms with Crippen molar-refractivity contribution >= 4 is 23.3 Å². The van der Waals surface area contributed by atoms with Crippen molar-refractivity contribution in [3.8, 4) is 0 Å². The molecule has 0 unspecified atom stereocenters. The third-order valence-corrected chi connectivity index (χ3v) is 3.39. The van der Waals surface area contributed by atoms with Crippen molar-refractivity contribution in [2.45, 2.75) is 45.1 Å². The molecule has 0 bridgehead atoms. The molecule has 0 spiro atoms. The van der Waals surface area contributed by atoms with Gasteiger partial charge in [-0.05, 0) is 25.7 Å². The Bertz CT molecular complexity index is 448. The Morgan fingerprint density at radius 3 is 2.95 bits per heavy atom. The summed E-state index contributed by atoms with van der Waals surface area (Å²) in [5, 5.41) is 6.68. The van der Waals surface area contributed by atoms with Crippen LogP contribution in [0.3, 0.4) is 0 Å². The standard InChI is InChI=1S/C13H19ClN4O/c1-2-10-12(14)16-8-17-13(10)15-7-3-4-11(19)18-9-5-6-9/h8-9H,2-7H2,1H3,(H,18,19)(H,15,16,17). The second kappa shape index (κ2) is 6.70. The minimum atomic E-state index is 0.140. The minimum Gasteiger partial charge on any atom is -0.370 e. The quantitative estimate of drug-likeness (QED) is 0.594. The van der Waals surface area contributed by atoms with Crippen LogP contribution in [0.1, 0.15) is 38.2 Å². The van der Waals surface area contributed by atoms with E-state index in [-0.39, 0.29) is 5.91 Å². The van der Waals surface area contributed by atoms with Crippen LogP contribution in [0.4, 0.5) is 5.82 Å². The van der Waals surface area contributed by atoms with Gasteiger partial charge in [0.05, 0.1) is 0 Å². The summed E-state index contributed by atoms with van der Waals surface area (Å²) in [5.41, 5.74) is 0.923. The Morgan fingerprint density at radius 1 is 1.47 bits per heavy atom. The molecular formula is C13H19ClN4O. The van der Waals surface area contributed by atoms with E-state index < -0.39 is 0 Å². The summed E-state index contributed by atoms with van der Waals surface area (Å²) in [7, 11) is 0. The minimum absolute atomic E-state index is 0.140. The topological polar surface area (TPSA) is 66.9 Å². The molecule has 6 heteroatoms. The number of nitrogens with zero attached hydrogens (tertiary/aromatic N) is 2. The Morgan fingerprint density at radius 2 is 2.26 bits per heavy atom. The first-order chi connectivity index (χ1) is 9.20. The number of hydrogen-bond donors (Lipinski definition) is 2. The summed E-state index contributed by atoms with van der Waals surface area (Å²) >= 11 is 6.00. The molecule has 0 radical (unpaired) electrons. The van der Waals surface area contributed by atoms with Gasteiger partial charge < -0.3 is 10.6 Å². The number of amides is 1. The molecule has 104 valence electrons. The van der Waals surface area contributed by atoms with Crippen molar-refractivity contribution in [1.82, 2.24) is 15.3 Å². The number of aromatic nitrogens is 2. The largest absolute Gasteiger partial charge is 0.370 e. The smallest absolute Gasteiger partial charge is 0.220 e. The molecule has 1 fully saturated rings. The molecule has 2 N–H and O–H groups in total. The summed E-state index contributed by atoms with van der Waals surface area (Å²) in [4.78, 5) is 19.6. The normalized spacial score (nSPS) is 14.2. The molecule has 1 aliphatic carbocycles. The van der Waals surface area contributed by atoms with E-state index in [4.69, 9.17) is 11.6 Å². The average Bonchev–Trinajstić information content (AvgIpc) is 3.18. The van der Waals surface area contributed by atoms with E-state index in [0.29, 0.717) is 24.2 Å². The summed E-state index contributed by atoms with van der Waals surface area (Å²) in [6.07, 6.45) is 5.81. The molecule has 0 aliphatic heterocycles.